The van der Waals surface area contributed by atoms with Gasteiger partial charge in [-0.3, -0.25) is 0 Å². The van der Waals surface area contributed by atoms with Crippen molar-refractivity contribution in [3.63, 3.8) is 0 Å². The number of rotatable bonds is 1. The fourth-order valence-corrected chi connectivity index (χ4v) is 3.22. The highest BCUT2D eigenvalue weighted by atomic mass is 14.9. The molecule has 0 atom stereocenters. The number of nitrogens with zero attached hydrogens (tertiary/aromatic N) is 3. The highest BCUT2D eigenvalue weighted by Crippen LogP contribution is 2.31. The molecule has 114 valence electrons. The van der Waals surface area contributed by atoms with Crippen molar-refractivity contribution < 1.29 is 0 Å². The van der Waals surface area contributed by atoms with Gasteiger partial charge in [0, 0.05) is 17.5 Å². The molecule has 0 aliphatic heterocycles. The molecule has 0 unspecified atom stereocenters. The molecular weight excluding hydrogens is 282 g/mol. The summed E-state index contributed by atoms with van der Waals surface area (Å²) in [4.78, 5) is 13.8. The van der Waals surface area contributed by atoms with Crippen LogP contribution in [0.25, 0.3) is 22.8 Å². The van der Waals surface area contributed by atoms with Gasteiger partial charge in [-0.2, -0.15) is 0 Å². The van der Waals surface area contributed by atoms with Crippen LogP contribution in [0.5, 0.6) is 0 Å². The summed E-state index contributed by atoms with van der Waals surface area (Å²) in [7, 11) is 0. The second-order valence-electron chi connectivity index (χ2n) is 6.09. The SMILES string of the molecule is Cc1ccnc(-c2ccc3c(n2)-c2ccccc2CCCC3)n1. The molecule has 23 heavy (non-hydrogen) atoms. The van der Waals surface area contributed by atoms with E-state index in [9.17, 15) is 0 Å². The Kier molecular flexibility index (Phi) is 3.62. The van der Waals surface area contributed by atoms with Crippen molar-refractivity contribution in [3.05, 3.63) is 65.5 Å². The zero-order valence-corrected chi connectivity index (χ0v) is 13.3. The van der Waals surface area contributed by atoms with Gasteiger partial charge in [0.25, 0.3) is 0 Å². The van der Waals surface area contributed by atoms with E-state index in [0.717, 1.165) is 29.9 Å². The maximum absolute atomic E-state index is 4.94. The van der Waals surface area contributed by atoms with Crippen LogP contribution in [0.1, 0.15) is 29.7 Å². The van der Waals surface area contributed by atoms with Crippen molar-refractivity contribution in [1.29, 1.82) is 0 Å². The summed E-state index contributed by atoms with van der Waals surface area (Å²) in [6.45, 7) is 1.98. The molecule has 0 spiro atoms. The first kappa shape index (κ1) is 14.1. The maximum Gasteiger partial charge on any atom is 0.178 e. The first-order valence-electron chi connectivity index (χ1n) is 8.19. The summed E-state index contributed by atoms with van der Waals surface area (Å²) in [6.07, 6.45) is 6.46. The number of aryl methyl sites for hydroxylation is 3. The van der Waals surface area contributed by atoms with Crippen molar-refractivity contribution in [3.8, 4) is 22.8 Å². The third-order valence-electron chi connectivity index (χ3n) is 4.42. The molecule has 1 aliphatic carbocycles. The minimum absolute atomic E-state index is 0.701. The lowest BCUT2D eigenvalue weighted by Crippen LogP contribution is -2.03. The third kappa shape index (κ3) is 2.74. The van der Waals surface area contributed by atoms with E-state index >= 15 is 0 Å². The van der Waals surface area contributed by atoms with Gasteiger partial charge < -0.3 is 0 Å². The number of aromatic nitrogens is 3. The summed E-state index contributed by atoms with van der Waals surface area (Å²) in [5.74, 6) is 0.701. The largest absolute Gasteiger partial charge is 0.244 e. The van der Waals surface area contributed by atoms with E-state index in [1.807, 2.05) is 13.0 Å². The van der Waals surface area contributed by atoms with E-state index in [4.69, 9.17) is 4.98 Å². The highest BCUT2D eigenvalue weighted by Gasteiger charge is 2.16. The molecule has 1 aliphatic rings. The van der Waals surface area contributed by atoms with Gasteiger partial charge in [0.05, 0.1) is 5.69 Å². The standard InChI is InChI=1S/C20H19N3/c1-14-12-13-21-20(22-14)18-11-10-16-8-3-2-6-15-7-4-5-9-17(15)19(16)23-18/h4-5,7,9-13H,2-3,6,8H2,1H3. The van der Waals surface area contributed by atoms with Gasteiger partial charge in [0.1, 0.15) is 5.69 Å². The van der Waals surface area contributed by atoms with Crippen LogP contribution in [0, 0.1) is 6.92 Å². The van der Waals surface area contributed by atoms with Crippen molar-refractivity contribution in [2.45, 2.75) is 32.6 Å². The molecule has 0 fully saturated rings. The fourth-order valence-electron chi connectivity index (χ4n) is 3.22. The summed E-state index contributed by atoms with van der Waals surface area (Å²) in [5.41, 5.74) is 6.89. The predicted octanol–water partition coefficient (Wildman–Crippen LogP) is 4.39. The summed E-state index contributed by atoms with van der Waals surface area (Å²) in [6, 6.07) is 14.8. The topological polar surface area (TPSA) is 38.7 Å². The Morgan fingerprint density at radius 2 is 1.65 bits per heavy atom. The van der Waals surface area contributed by atoms with E-state index in [0.29, 0.717) is 5.82 Å². The highest BCUT2D eigenvalue weighted by molar-refractivity contribution is 5.70. The van der Waals surface area contributed by atoms with Crippen molar-refractivity contribution in [2.24, 2.45) is 0 Å². The molecule has 0 amide bonds. The maximum atomic E-state index is 4.94. The quantitative estimate of drug-likeness (QED) is 0.669. The van der Waals surface area contributed by atoms with Crippen LogP contribution >= 0.6 is 0 Å². The zero-order chi connectivity index (χ0) is 15.6. The molecule has 2 aromatic heterocycles. The summed E-state index contributed by atoms with van der Waals surface area (Å²) in [5, 5.41) is 0. The number of benzene rings is 1. The average molecular weight is 301 g/mol. The first-order chi connectivity index (χ1) is 11.3. The van der Waals surface area contributed by atoms with E-state index in [1.165, 1.54) is 29.5 Å². The molecule has 3 nitrogen and oxygen atoms in total. The number of pyridine rings is 1. The molecule has 0 N–H and O–H groups in total. The lowest BCUT2D eigenvalue weighted by atomic mass is 9.91. The second-order valence-corrected chi connectivity index (χ2v) is 6.09. The van der Waals surface area contributed by atoms with Gasteiger partial charge in [-0.1, -0.05) is 30.3 Å². The molecule has 0 saturated carbocycles. The van der Waals surface area contributed by atoms with Crippen molar-refractivity contribution in [2.75, 3.05) is 0 Å². The molecule has 2 heterocycles. The van der Waals surface area contributed by atoms with Crippen LogP contribution in [-0.2, 0) is 12.8 Å². The van der Waals surface area contributed by atoms with E-state index in [-0.39, 0.29) is 0 Å². The Labute approximate surface area is 136 Å². The number of hydrogen-bond donors (Lipinski definition) is 0. The minimum Gasteiger partial charge on any atom is -0.244 e. The van der Waals surface area contributed by atoms with E-state index in [1.54, 1.807) is 6.20 Å². The van der Waals surface area contributed by atoms with Gasteiger partial charge in [-0.05, 0) is 55.9 Å². The molecule has 1 aromatic carbocycles. The van der Waals surface area contributed by atoms with Gasteiger partial charge in [-0.25, -0.2) is 15.0 Å². The molecule has 3 aromatic rings. The van der Waals surface area contributed by atoms with Crippen molar-refractivity contribution in [1.82, 2.24) is 15.0 Å². The predicted molar refractivity (Wildman–Crippen MR) is 92.1 cm³/mol. The molecular formula is C20H19N3. The first-order valence-corrected chi connectivity index (χ1v) is 8.19. The van der Waals surface area contributed by atoms with Crippen molar-refractivity contribution >= 4 is 0 Å². The van der Waals surface area contributed by atoms with E-state index in [2.05, 4.69) is 46.4 Å². The lowest BCUT2D eigenvalue weighted by molar-refractivity contribution is 0.727. The van der Waals surface area contributed by atoms with Crippen LogP contribution < -0.4 is 0 Å². The zero-order valence-electron chi connectivity index (χ0n) is 13.3. The molecule has 0 radical (unpaired) electrons. The molecule has 3 heteroatoms. The van der Waals surface area contributed by atoms with Crippen LogP contribution in [0.2, 0.25) is 0 Å². The fraction of sp³-hybridized carbons (Fsp3) is 0.250. The smallest absolute Gasteiger partial charge is 0.178 e. The number of hydrogen-bond acceptors (Lipinski definition) is 3. The Balaban J connectivity index is 1.89. The Morgan fingerprint density at radius 3 is 2.52 bits per heavy atom. The monoisotopic (exact) mass is 301 g/mol. The van der Waals surface area contributed by atoms with Gasteiger partial charge in [0.15, 0.2) is 5.82 Å². The van der Waals surface area contributed by atoms with Gasteiger partial charge in [0.2, 0.25) is 0 Å². The Hall–Kier alpha value is -2.55. The summed E-state index contributed by atoms with van der Waals surface area (Å²) >= 11 is 0. The van der Waals surface area contributed by atoms with Crippen LogP contribution in [0.4, 0.5) is 0 Å². The normalized spacial score (nSPS) is 13.6. The van der Waals surface area contributed by atoms with E-state index < -0.39 is 0 Å². The molecule has 0 saturated heterocycles. The van der Waals surface area contributed by atoms with Crippen LogP contribution in [0.3, 0.4) is 0 Å². The average Bonchev–Trinajstić information content (AvgIpc) is 2.57. The molecule has 4 rings (SSSR count). The van der Waals surface area contributed by atoms with Crippen LogP contribution in [-0.4, -0.2) is 15.0 Å². The summed E-state index contributed by atoms with van der Waals surface area (Å²) < 4.78 is 0. The Morgan fingerprint density at radius 1 is 0.826 bits per heavy atom. The third-order valence-corrected chi connectivity index (χ3v) is 4.42. The molecule has 0 bridgehead atoms. The Bertz CT molecular complexity index is 855. The second kappa shape index (κ2) is 5.92. The number of fused-ring (bicyclic) bond motifs is 3. The minimum atomic E-state index is 0.701. The van der Waals surface area contributed by atoms with Crippen LogP contribution in [0.15, 0.2) is 48.7 Å². The van der Waals surface area contributed by atoms with Gasteiger partial charge >= 0.3 is 0 Å². The van der Waals surface area contributed by atoms with Gasteiger partial charge in [-0.15, -0.1) is 0 Å². The lowest BCUT2D eigenvalue weighted by Gasteiger charge is -2.17.